The molecular formula is C26H24BrFN8O3. The lowest BCUT2D eigenvalue weighted by Crippen LogP contribution is -2.44. The SMILES string of the molecule is CCc1ncc(-c2ccc3c(c2)c(C(C)=O)nn3CC(=O)N2C[C@H](F)C[C@H]2C(=O)Nc2cncc(Br)n2)cn1. The summed E-state index contributed by atoms with van der Waals surface area (Å²) in [6.45, 7) is 2.87. The van der Waals surface area contributed by atoms with Gasteiger partial charge in [-0.15, -0.1) is 0 Å². The molecule has 0 saturated carbocycles. The lowest BCUT2D eigenvalue weighted by molar-refractivity contribution is -0.137. The zero-order valence-corrected chi connectivity index (χ0v) is 22.7. The Hall–Kier alpha value is -4.13. The number of alkyl halides is 1. The number of amides is 2. The van der Waals surface area contributed by atoms with Crippen LogP contribution < -0.4 is 5.32 Å². The van der Waals surface area contributed by atoms with Crippen molar-refractivity contribution in [3.8, 4) is 11.1 Å². The number of rotatable bonds is 7. The van der Waals surface area contributed by atoms with Crippen molar-refractivity contribution < 1.29 is 18.8 Å². The molecule has 2 atom stereocenters. The van der Waals surface area contributed by atoms with Crippen LogP contribution in [0.3, 0.4) is 0 Å². The van der Waals surface area contributed by atoms with Crippen LogP contribution in [0, 0.1) is 0 Å². The maximum absolute atomic E-state index is 14.4. The molecule has 200 valence electrons. The van der Waals surface area contributed by atoms with Gasteiger partial charge in [0.25, 0.3) is 0 Å². The van der Waals surface area contributed by atoms with Crippen molar-refractivity contribution in [2.75, 3.05) is 11.9 Å². The highest BCUT2D eigenvalue weighted by atomic mass is 79.9. The number of hydrogen-bond acceptors (Lipinski definition) is 8. The maximum Gasteiger partial charge on any atom is 0.248 e. The number of carbonyl (C=O) groups is 3. The molecule has 1 N–H and O–H groups in total. The average molecular weight is 595 g/mol. The van der Waals surface area contributed by atoms with Crippen molar-refractivity contribution in [2.45, 2.75) is 45.4 Å². The summed E-state index contributed by atoms with van der Waals surface area (Å²) in [7, 11) is 0. The molecule has 0 radical (unpaired) electrons. The fourth-order valence-corrected chi connectivity index (χ4v) is 4.87. The molecule has 0 bridgehead atoms. The molecule has 0 spiro atoms. The quantitative estimate of drug-likeness (QED) is 0.322. The van der Waals surface area contributed by atoms with Gasteiger partial charge in [0.05, 0.1) is 24.5 Å². The van der Waals surface area contributed by atoms with Gasteiger partial charge < -0.3 is 10.2 Å². The molecule has 4 heterocycles. The van der Waals surface area contributed by atoms with Crippen molar-refractivity contribution >= 4 is 50.2 Å². The number of ketones is 1. The summed E-state index contributed by atoms with van der Waals surface area (Å²) in [4.78, 5) is 56.6. The molecule has 4 aromatic rings. The van der Waals surface area contributed by atoms with Gasteiger partial charge in [0.2, 0.25) is 11.8 Å². The summed E-state index contributed by atoms with van der Waals surface area (Å²) < 4.78 is 16.2. The van der Waals surface area contributed by atoms with Gasteiger partial charge in [0, 0.05) is 43.1 Å². The maximum atomic E-state index is 14.4. The van der Waals surface area contributed by atoms with Crippen molar-refractivity contribution in [1.29, 1.82) is 0 Å². The van der Waals surface area contributed by atoms with E-state index in [1.807, 2.05) is 19.1 Å². The van der Waals surface area contributed by atoms with E-state index in [4.69, 9.17) is 0 Å². The molecule has 1 saturated heterocycles. The average Bonchev–Trinajstić information content (AvgIpc) is 3.49. The summed E-state index contributed by atoms with van der Waals surface area (Å²) in [5.74, 6) is -0.420. The minimum absolute atomic E-state index is 0.139. The first-order valence-electron chi connectivity index (χ1n) is 12.3. The van der Waals surface area contributed by atoms with E-state index < -0.39 is 24.0 Å². The number of carbonyl (C=O) groups excluding carboxylic acids is 3. The third-order valence-corrected chi connectivity index (χ3v) is 6.84. The first-order valence-corrected chi connectivity index (χ1v) is 13.1. The van der Waals surface area contributed by atoms with Crippen LogP contribution in [0.4, 0.5) is 10.2 Å². The van der Waals surface area contributed by atoms with E-state index in [1.165, 1.54) is 28.9 Å². The van der Waals surface area contributed by atoms with E-state index in [1.54, 1.807) is 18.5 Å². The minimum atomic E-state index is -1.36. The minimum Gasteiger partial charge on any atom is -0.326 e. The van der Waals surface area contributed by atoms with Crippen LogP contribution in [0.25, 0.3) is 22.0 Å². The fourth-order valence-electron chi connectivity index (χ4n) is 4.57. The van der Waals surface area contributed by atoms with E-state index in [2.05, 4.69) is 46.3 Å². The van der Waals surface area contributed by atoms with Crippen molar-refractivity contribution in [3.63, 3.8) is 0 Å². The van der Waals surface area contributed by atoms with Crippen molar-refractivity contribution in [2.24, 2.45) is 0 Å². The first-order chi connectivity index (χ1) is 18.7. The molecule has 1 aliphatic rings. The summed E-state index contributed by atoms with van der Waals surface area (Å²) in [6, 6.07) is 4.39. The number of aryl methyl sites for hydroxylation is 1. The molecule has 11 nitrogen and oxygen atoms in total. The van der Waals surface area contributed by atoms with Crippen LogP contribution in [0.1, 0.15) is 36.6 Å². The normalized spacial score (nSPS) is 17.0. The summed E-state index contributed by atoms with van der Waals surface area (Å²) in [6.07, 6.45) is 5.48. The van der Waals surface area contributed by atoms with E-state index in [9.17, 15) is 18.8 Å². The van der Waals surface area contributed by atoms with Crippen molar-refractivity contribution in [1.82, 2.24) is 34.6 Å². The number of nitrogens with one attached hydrogen (secondary N) is 1. The molecule has 1 fully saturated rings. The Balaban J connectivity index is 1.40. The van der Waals surface area contributed by atoms with Crippen LogP contribution in [-0.2, 0) is 22.6 Å². The zero-order chi connectivity index (χ0) is 27.7. The zero-order valence-electron chi connectivity index (χ0n) is 21.1. The number of benzene rings is 1. The standard InChI is InChI=1S/C26H24BrFN8O3/c1-3-22-30-8-16(9-31-22)15-4-5-19-18(6-15)25(14(2)37)34-36(19)13-24(38)35-12-17(28)7-20(35)26(39)33-23-11-29-10-21(27)32-23/h4-6,8-11,17,20H,3,7,12-13H2,1-2H3,(H,32,33,39)/t17-,20+/m1/s1. The fraction of sp³-hybridized carbons (Fsp3) is 0.308. The van der Waals surface area contributed by atoms with Gasteiger partial charge in [-0.3, -0.25) is 24.0 Å². The highest BCUT2D eigenvalue weighted by Gasteiger charge is 2.40. The van der Waals surface area contributed by atoms with Gasteiger partial charge in [-0.05, 0) is 33.6 Å². The number of anilines is 1. The Kier molecular flexibility index (Phi) is 7.42. The Morgan fingerprint density at radius 1 is 1.13 bits per heavy atom. The molecular weight excluding hydrogens is 571 g/mol. The van der Waals surface area contributed by atoms with E-state index >= 15 is 0 Å². The van der Waals surface area contributed by atoms with Crippen LogP contribution in [0.2, 0.25) is 0 Å². The molecule has 3 aromatic heterocycles. The number of halogens is 2. The highest BCUT2D eigenvalue weighted by Crippen LogP contribution is 2.28. The van der Waals surface area contributed by atoms with Gasteiger partial charge >= 0.3 is 0 Å². The summed E-state index contributed by atoms with van der Waals surface area (Å²) in [5, 5.41) is 7.56. The van der Waals surface area contributed by atoms with Crippen LogP contribution >= 0.6 is 15.9 Å². The predicted octanol–water partition coefficient (Wildman–Crippen LogP) is 3.39. The number of likely N-dealkylation sites (tertiary alicyclic amines) is 1. The first kappa shape index (κ1) is 26.5. The molecule has 39 heavy (non-hydrogen) atoms. The molecule has 0 unspecified atom stereocenters. The smallest absolute Gasteiger partial charge is 0.248 e. The largest absolute Gasteiger partial charge is 0.326 e. The summed E-state index contributed by atoms with van der Waals surface area (Å²) >= 11 is 3.18. The Bertz CT molecular complexity index is 1580. The molecule has 0 aliphatic carbocycles. The number of Topliss-reactive ketones (excluding diaryl/α,β-unsaturated/α-hetero) is 1. The second-order valence-corrected chi connectivity index (χ2v) is 9.96. The number of aromatic nitrogens is 6. The van der Waals surface area contributed by atoms with Crippen LogP contribution in [0.5, 0.6) is 0 Å². The lowest BCUT2D eigenvalue weighted by Gasteiger charge is -2.23. The third-order valence-electron chi connectivity index (χ3n) is 6.45. The third kappa shape index (κ3) is 5.53. The van der Waals surface area contributed by atoms with E-state index in [0.29, 0.717) is 15.5 Å². The van der Waals surface area contributed by atoms with Gasteiger partial charge in [0.1, 0.15) is 34.9 Å². The lowest BCUT2D eigenvalue weighted by atomic mass is 10.0. The molecule has 2 amide bonds. The number of nitrogens with zero attached hydrogens (tertiary/aromatic N) is 7. The summed E-state index contributed by atoms with van der Waals surface area (Å²) in [5.41, 5.74) is 2.34. The Morgan fingerprint density at radius 3 is 2.59 bits per heavy atom. The molecule has 1 aliphatic heterocycles. The molecule has 13 heteroatoms. The second-order valence-electron chi connectivity index (χ2n) is 9.15. The number of fused-ring (bicyclic) bond motifs is 1. The van der Waals surface area contributed by atoms with E-state index in [-0.39, 0.29) is 36.8 Å². The Morgan fingerprint density at radius 2 is 1.90 bits per heavy atom. The second kappa shape index (κ2) is 10.9. The number of hydrogen-bond donors (Lipinski definition) is 1. The Labute approximate surface area is 231 Å². The van der Waals surface area contributed by atoms with Crippen LogP contribution in [0.15, 0.2) is 47.6 Å². The monoisotopic (exact) mass is 594 g/mol. The highest BCUT2D eigenvalue weighted by molar-refractivity contribution is 9.10. The van der Waals surface area contributed by atoms with Gasteiger partial charge in [-0.1, -0.05) is 13.0 Å². The van der Waals surface area contributed by atoms with E-state index in [0.717, 1.165) is 23.4 Å². The molecule has 1 aromatic carbocycles. The van der Waals surface area contributed by atoms with Crippen LogP contribution in [-0.4, -0.2) is 71.0 Å². The predicted molar refractivity (Wildman–Crippen MR) is 144 cm³/mol. The molecule has 5 rings (SSSR count). The van der Waals surface area contributed by atoms with Crippen molar-refractivity contribution in [3.05, 3.63) is 59.1 Å². The topological polar surface area (TPSA) is 136 Å². The van der Waals surface area contributed by atoms with Gasteiger partial charge in [-0.25, -0.2) is 19.3 Å². The van der Waals surface area contributed by atoms with Gasteiger partial charge in [0.15, 0.2) is 11.6 Å². The van der Waals surface area contributed by atoms with Gasteiger partial charge in [-0.2, -0.15) is 5.10 Å².